The first-order valence-electron chi connectivity index (χ1n) is 11.8. The van der Waals surface area contributed by atoms with E-state index in [9.17, 15) is 9.59 Å². The Labute approximate surface area is 188 Å². The molecule has 0 radical (unpaired) electrons. The van der Waals surface area contributed by atoms with Gasteiger partial charge < -0.3 is 28.4 Å². The Kier molecular flexibility index (Phi) is 24.1. The summed E-state index contributed by atoms with van der Waals surface area (Å²) in [5, 5.41) is 0. The van der Waals surface area contributed by atoms with Crippen LogP contribution in [-0.4, -0.2) is 78.0 Å². The molecule has 0 saturated carbocycles. The normalized spacial score (nSPS) is 10.9. The van der Waals surface area contributed by atoms with Crippen LogP contribution in [0.25, 0.3) is 0 Å². The van der Waals surface area contributed by atoms with E-state index in [0.717, 1.165) is 19.3 Å². The highest BCUT2D eigenvalue weighted by atomic mass is 16.6. The van der Waals surface area contributed by atoms with Crippen molar-refractivity contribution in [3.63, 3.8) is 0 Å². The van der Waals surface area contributed by atoms with E-state index in [1.807, 2.05) is 6.92 Å². The van der Waals surface area contributed by atoms with Crippen molar-refractivity contribution < 1.29 is 38.0 Å². The van der Waals surface area contributed by atoms with Crippen LogP contribution >= 0.6 is 0 Å². The smallest absolute Gasteiger partial charge is 0.305 e. The zero-order chi connectivity index (χ0) is 22.8. The van der Waals surface area contributed by atoms with Crippen LogP contribution in [-0.2, 0) is 38.0 Å². The van der Waals surface area contributed by atoms with Crippen LogP contribution in [0.3, 0.4) is 0 Å². The van der Waals surface area contributed by atoms with Crippen LogP contribution in [0.5, 0.6) is 0 Å². The van der Waals surface area contributed by atoms with E-state index >= 15 is 0 Å². The number of unbranched alkanes of at least 4 members (excludes halogenated alkanes) is 5. The van der Waals surface area contributed by atoms with Crippen molar-refractivity contribution in [3.8, 4) is 0 Å². The first-order chi connectivity index (χ1) is 15.2. The molecule has 31 heavy (non-hydrogen) atoms. The van der Waals surface area contributed by atoms with Crippen LogP contribution in [0.1, 0.15) is 71.6 Å². The molecule has 0 atom stereocenters. The van der Waals surface area contributed by atoms with E-state index in [2.05, 4.69) is 6.92 Å². The lowest BCUT2D eigenvalue weighted by Crippen LogP contribution is -2.15. The van der Waals surface area contributed by atoms with Crippen molar-refractivity contribution in [2.45, 2.75) is 71.6 Å². The molecule has 0 bridgehead atoms. The molecule has 184 valence electrons. The molecule has 0 rings (SSSR count). The Morgan fingerprint density at radius 3 is 1.29 bits per heavy atom. The average molecular weight is 449 g/mol. The first kappa shape index (κ1) is 29.8. The second-order valence-electron chi connectivity index (χ2n) is 7.16. The molecule has 0 aliphatic carbocycles. The zero-order valence-corrected chi connectivity index (χ0v) is 19.7. The summed E-state index contributed by atoms with van der Waals surface area (Å²) >= 11 is 0. The van der Waals surface area contributed by atoms with Crippen molar-refractivity contribution in [1.29, 1.82) is 0 Å². The van der Waals surface area contributed by atoms with Gasteiger partial charge in [-0.15, -0.1) is 0 Å². The van der Waals surface area contributed by atoms with Crippen molar-refractivity contribution in [2.24, 2.45) is 0 Å². The van der Waals surface area contributed by atoms with Gasteiger partial charge >= 0.3 is 11.9 Å². The minimum absolute atomic E-state index is 0.144. The summed E-state index contributed by atoms with van der Waals surface area (Å²) in [4.78, 5) is 22.7. The third-order valence-corrected chi connectivity index (χ3v) is 4.29. The third kappa shape index (κ3) is 24.9. The predicted octanol–water partition coefficient (Wildman–Crippen LogP) is 3.69. The van der Waals surface area contributed by atoms with Gasteiger partial charge in [0.1, 0.15) is 13.2 Å². The highest BCUT2D eigenvalue weighted by Crippen LogP contribution is 2.07. The Bertz CT molecular complexity index is 403. The van der Waals surface area contributed by atoms with Gasteiger partial charge in [0, 0.05) is 12.8 Å². The summed E-state index contributed by atoms with van der Waals surface area (Å²) in [6.45, 7) is 8.24. The molecule has 0 heterocycles. The summed E-state index contributed by atoms with van der Waals surface area (Å²) in [5.74, 6) is -0.332. The fraction of sp³-hybridized carbons (Fsp3) is 0.913. The summed E-state index contributed by atoms with van der Waals surface area (Å²) in [7, 11) is 0. The molecule has 0 N–H and O–H groups in total. The van der Waals surface area contributed by atoms with Crippen LogP contribution in [0.2, 0.25) is 0 Å². The fourth-order valence-corrected chi connectivity index (χ4v) is 2.59. The van der Waals surface area contributed by atoms with Crippen LogP contribution in [0, 0.1) is 0 Å². The van der Waals surface area contributed by atoms with E-state index in [1.165, 1.54) is 25.7 Å². The van der Waals surface area contributed by atoms with Gasteiger partial charge in [0.05, 0.1) is 52.9 Å². The molecule has 0 fully saturated rings. The summed E-state index contributed by atoms with van der Waals surface area (Å²) in [6, 6.07) is 0. The van der Waals surface area contributed by atoms with Crippen molar-refractivity contribution in [3.05, 3.63) is 0 Å². The summed E-state index contributed by atoms with van der Waals surface area (Å²) in [6.07, 6.45) is 8.67. The highest BCUT2D eigenvalue weighted by molar-refractivity contribution is 5.69. The zero-order valence-electron chi connectivity index (χ0n) is 19.7. The number of carbonyl (C=O) groups is 2. The van der Waals surface area contributed by atoms with Crippen molar-refractivity contribution in [1.82, 2.24) is 0 Å². The Morgan fingerprint density at radius 2 is 0.839 bits per heavy atom. The summed E-state index contributed by atoms with van der Waals surface area (Å²) in [5.41, 5.74) is 0. The van der Waals surface area contributed by atoms with Gasteiger partial charge in [-0.25, -0.2) is 0 Å². The lowest BCUT2D eigenvalue weighted by molar-refractivity contribution is -0.146. The number of ether oxygens (including phenoxy) is 6. The standard InChI is InChI=1S/C23H44O8/c1-3-5-6-7-8-9-11-23(25)31-21-19-29-17-15-27-13-12-26-14-16-28-18-20-30-22(24)10-4-2/h3-21H2,1-2H3. The first-order valence-corrected chi connectivity index (χ1v) is 11.8. The van der Waals surface area contributed by atoms with Gasteiger partial charge in [-0.05, 0) is 12.8 Å². The molecule has 0 unspecified atom stereocenters. The van der Waals surface area contributed by atoms with E-state index in [-0.39, 0.29) is 25.2 Å². The second kappa shape index (κ2) is 25.0. The van der Waals surface area contributed by atoms with E-state index in [0.29, 0.717) is 65.7 Å². The lowest BCUT2D eigenvalue weighted by atomic mass is 10.1. The lowest BCUT2D eigenvalue weighted by Gasteiger charge is -2.08. The molecular weight excluding hydrogens is 404 g/mol. The largest absolute Gasteiger partial charge is 0.463 e. The van der Waals surface area contributed by atoms with Gasteiger partial charge in [0.2, 0.25) is 0 Å². The number of carbonyl (C=O) groups excluding carboxylic acids is 2. The third-order valence-electron chi connectivity index (χ3n) is 4.29. The summed E-state index contributed by atoms with van der Waals surface area (Å²) < 4.78 is 31.6. The molecule has 0 saturated heterocycles. The van der Waals surface area contributed by atoms with E-state index < -0.39 is 0 Å². The maximum absolute atomic E-state index is 11.6. The molecule has 0 spiro atoms. The van der Waals surface area contributed by atoms with Gasteiger partial charge in [0.15, 0.2) is 0 Å². The maximum atomic E-state index is 11.6. The number of rotatable bonds is 24. The molecular formula is C23H44O8. The minimum atomic E-state index is -0.187. The average Bonchev–Trinajstić information content (AvgIpc) is 2.76. The second-order valence-corrected chi connectivity index (χ2v) is 7.16. The Balaban J connectivity index is 3.15. The van der Waals surface area contributed by atoms with Crippen LogP contribution in [0.4, 0.5) is 0 Å². The Morgan fingerprint density at radius 1 is 0.452 bits per heavy atom. The number of esters is 2. The van der Waals surface area contributed by atoms with Gasteiger partial charge in [-0.1, -0.05) is 46.0 Å². The monoisotopic (exact) mass is 448 g/mol. The SMILES string of the molecule is CCCCCCCCC(=O)OCCOCCOCCOCCOCCOC(=O)CCC. The molecule has 0 aromatic carbocycles. The van der Waals surface area contributed by atoms with Crippen molar-refractivity contribution in [2.75, 3.05) is 66.1 Å². The molecule has 8 nitrogen and oxygen atoms in total. The molecule has 0 aromatic heterocycles. The van der Waals surface area contributed by atoms with Gasteiger partial charge in [0.25, 0.3) is 0 Å². The minimum Gasteiger partial charge on any atom is -0.463 e. The molecule has 0 aliphatic heterocycles. The van der Waals surface area contributed by atoms with Crippen LogP contribution < -0.4 is 0 Å². The van der Waals surface area contributed by atoms with E-state index in [4.69, 9.17) is 28.4 Å². The topological polar surface area (TPSA) is 89.5 Å². The van der Waals surface area contributed by atoms with Gasteiger partial charge in [-0.3, -0.25) is 9.59 Å². The molecule has 0 aromatic rings. The van der Waals surface area contributed by atoms with E-state index in [1.54, 1.807) is 0 Å². The highest BCUT2D eigenvalue weighted by Gasteiger charge is 2.02. The van der Waals surface area contributed by atoms with Gasteiger partial charge in [-0.2, -0.15) is 0 Å². The fourth-order valence-electron chi connectivity index (χ4n) is 2.59. The quantitative estimate of drug-likeness (QED) is 0.163. The molecule has 8 heteroatoms. The predicted molar refractivity (Wildman–Crippen MR) is 118 cm³/mol. The number of hydrogen-bond donors (Lipinski definition) is 0. The van der Waals surface area contributed by atoms with Crippen LogP contribution in [0.15, 0.2) is 0 Å². The number of hydrogen-bond acceptors (Lipinski definition) is 8. The molecule has 0 aliphatic rings. The molecule has 0 amide bonds. The Hall–Kier alpha value is -1.22. The van der Waals surface area contributed by atoms with Crippen molar-refractivity contribution >= 4 is 11.9 Å². The maximum Gasteiger partial charge on any atom is 0.305 e.